The van der Waals surface area contributed by atoms with Crippen LogP contribution in [0.5, 0.6) is 0 Å². The van der Waals surface area contributed by atoms with E-state index in [-0.39, 0.29) is 12.3 Å². The highest BCUT2D eigenvalue weighted by molar-refractivity contribution is 7.96. The van der Waals surface area contributed by atoms with Gasteiger partial charge in [-0.05, 0) is 37.2 Å². The highest BCUT2D eigenvalue weighted by Gasteiger charge is 2.28. The van der Waals surface area contributed by atoms with Crippen LogP contribution in [0.1, 0.15) is 31.2 Å². The molecule has 0 aromatic heterocycles. The summed E-state index contributed by atoms with van der Waals surface area (Å²) in [5.74, 6) is -1.44. The number of benzene rings is 1. The van der Waals surface area contributed by atoms with Gasteiger partial charge >= 0.3 is 5.97 Å². The maximum Gasteiger partial charge on any atom is 0.326 e. The second-order valence-electron chi connectivity index (χ2n) is 6.45. The summed E-state index contributed by atoms with van der Waals surface area (Å²) in [6.07, 6.45) is 7.71. The number of aliphatic carboxylic acids is 1. The summed E-state index contributed by atoms with van der Waals surface area (Å²) in [6, 6.07) is 7.21. The summed E-state index contributed by atoms with van der Waals surface area (Å²) in [4.78, 5) is 35.5. The van der Waals surface area contributed by atoms with Crippen molar-refractivity contribution in [1.82, 2.24) is 10.6 Å². The number of rotatable bonds is 8. The van der Waals surface area contributed by atoms with Crippen molar-refractivity contribution in [3.8, 4) is 0 Å². The Kier molecular flexibility index (Phi) is 7.72. The third-order valence-electron chi connectivity index (χ3n) is 4.40. The number of allylic oxidation sites excluding steroid dienone is 2. The van der Waals surface area contributed by atoms with E-state index in [1.807, 2.05) is 36.4 Å². The van der Waals surface area contributed by atoms with Gasteiger partial charge in [0.1, 0.15) is 12.1 Å². The molecule has 2 amide bonds. The third-order valence-corrected chi connectivity index (χ3v) is 4.53. The third kappa shape index (κ3) is 6.55. The maximum atomic E-state index is 12.6. The molecule has 1 aliphatic carbocycles. The lowest BCUT2D eigenvalue weighted by Gasteiger charge is -2.24. The van der Waals surface area contributed by atoms with Gasteiger partial charge in [0.15, 0.2) is 0 Å². The molecule has 1 aliphatic rings. The molecule has 0 saturated carbocycles. The maximum absolute atomic E-state index is 12.6. The number of carboxylic acid groups (broad SMARTS) is 1. The summed E-state index contributed by atoms with van der Waals surface area (Å²) >= 11 is 3.70. The topological polar surface area (TPSA) is 95.5 Å². The molecule has 0 bridgehead atoms. The highest BCUT2D eigenvalue weighted by atomic mass is 32.1. The molecule has 0 unspecified atom stereocenters. The first-order valence-corrected chi connectivity index (χ1v) is 9.13. The number of thiol groups is 1. The van der Waals surface area contributed by atoms with Crippen molar-refractivity contribution in [2.24, 2.45) is 5.92 Å². The molecule has 6 nitrogen and oxygen atoms in total. The molecule has 0 saturated heterocycles. The molecular formula is C19H24N2O4S. The zero-order valence-corrected chi connectivity index (χ0v) is 15.3. The lowest BCUT2D eigenvalue weighted by atomic mass is 9.89. The molecule has 0 spiro atoms. The van der Waals surface area contributed by atoms with E-state index in [9.17, 15) is 19.5 Å². The Labute approximate surface area is 158 Å². The number of carbonyl (C=O) groups excluding carboxylic acids is 2. The van der Waals surface area contributed by atoms with Crippen LogP contribution in [-0.2, 0) is 16.0 Å². The Morgan fingerprint density at radius 2 is 1.88 bits per heavy atom. The van der Waals surface area contributed by atoms with Crippen molar-refractivity contribution in [2.45, 2.75) is 44.2 Å². The zero-order chi connectivity index (χ0) is 18.9. The van der Waals surface area contributed by atoms with Gasteiger partial charge in [-0.2, -0.15) is 0 Å². The average Bonchev–Trinajstić information content (AvgIpc) is 2.62. The van der Waals surface area contributed by atoms with Gasteiger partial charge < -0.3 is 15.7 Å². The van der Waals surface area contributed by atoms with Crippen molar-refractivity contribution in [2.75, 3.05) is 0 Å². The predicted octanol–water partition coefficient (Wildman–Crippen LogP) is 2.55. The summed E-state index contributed by atoms with van der Waals surface area (Å²) in [5.41, 5.74) is 0.810. The molecule has 3 atom stereocenters. The van der Waals surface area contributed by atoms with E-state index in [1.165, 1.54) is 0 Å². The average molecular weight is 376 g/mol. The van der Waals surface area contributed by atoms with Crippen LogP contribution < -0.4 is 10.6 Å². The van der Waals surface area contributed by atoms with Gasteiger partial charge in [0, 0.05) is 6.42 Å². The Bertz CT molecular complexity index is 663. The minimum absolute atomic E-state index is 0.173. The summed E-state index contributed by atoms with van der Waals surface area (Å²) in [6.45, 7) is 0. The van der Waals surface area contributed by atoms with E-state index in [2.05, 4.69) is 29.3 Å². The molecule has 0 heterocycles. The number of carbonyl (C=O) groups is 3. The van der Waals surface area contributed by atoms with E-state index >= 15 is 0 Å². The molecule has 0 aliphatic heterocycles. The monoisotopic (exact) mass is 376 g/mol. The molecule has 140 valence electrons. The van der Waals surface area contributed by atoms with Crippen LogP contribution in [0.3, 0.4) is 0 Å². The van der Waals surface area contributed by atoms with Gasteiger partial charge in [0.2, 0.25) is 5.91 Å². The second kappa shape index (κ2) is 10.0. The van der Waals surface area contributed by atoms with Crippen LogP contribution in [0.15, 0.2) is 42.5 Å². The number of hydrogen-bond donors (Lipinski definition) is 4. The van der Waals surface area contributed by atoms with Crippen molar-refractivity contribution in [1.29, 1.82) is 0 Å². The number of carboxylic acids is 1. The molecule has 0 fully saturated rings. The summed E-state index contributed by atoms with van der Waals surface area (Å²) in [7, 11) is 0. The molecule has 0 radical (unpaired) electrons. The van der Waals surface area contributed by atoms with Gasteiger partial charge in [0.05, 0.1) is 0 Å². The summed E-state index contributed by atoms with van der Waals surface area (Å²) < 4.78 is 0. The molecule has 3 N–H and O–H groups in total. The van der Waals surface area contributed by atoms with Crippen LogP contribution in [0, 0.1) is 5.92 Å². The number of nitrogens with one attached hydrogen (secondary N) is 2. The van der Waals surface area contributed by atoms with E-state index < -0.39 is 29.2 Å². The molecule has 1 aromatic rings. The quantitative estimate of drug-likeness (QED) is 0.414. The largest absolute Gasteiger partial charge is 0.480 e. The van der Waals surface area contributed by atoms with Gasteiger partial charge in [-0.1, -0.05) is 55.1 Å². The minimum Gasteiger partial charge on any atom is -0.480 e. The van der Waals surface area contributed by atoms with E-state index in [0.717, 1.165) is 24.8 Å². The first-order chi connectivity index (χ1) is 12.5. The number of hydrogen-bond acceptors (Lipinski definition) is 3. The first kappa shape index (κ1) is 20.0. The predicted molar refractivity (Wildman–Crippen MR) is 102 cm³/mol. The van der Waals surface area contributed by atoms with Crippen molar-refractivity contribution in [3.63, 3.8) is 0 Å². The van der Waals surface area contributed by atoms with Crippen LogP contribution in [0.2, 0.25) is 0 Å². The van der Waals surface area contributed by atoms with Crippen molar-refractivity contribution in [3.05, 3.63) is 48.0 Å². The fourth-order valence-corrected chi connectivity index (χ4v) is 3.24. The molecule has 2 rings (SSSR count). The first-order valence-electron chi connectivity index (χ1n) is 8.69. The standard InChI is InChI=1S/C19H24N2O4S/c22-17(15(21-19(25)26)11-13-7-3-1-4-8-13)20-16(18(23)24)12-14-9-5-2-6-10-14/h2-3,5-7,9-10,13,15-16H,1,4,8,11-12H2,(H,20,22)(H,23,24)(H2,21,25,26)/t13-,15+,16+/m1/s1. The Morgan fingerprint density at radius 3 is 2.46 bits per heavy atom. The van der Waals surface area contributed by atoms with Gasteiger partial charge in [0.25, 0.3) is 5.24 Å². The van der Waals surface area contributed by atoms with Crippen LogP contribution >= 0.6 is 12.6 Å². The smallest absolute Gasteiger partial charge is 0.326 e. The van der Waals surface area contributed by atoms with Crippen LogP contribution in [0.4, 0.5) is 4.79 Å². The lowest BCUT2D eigenvalue weighted by molar-refractivity contribution is -0.142. The summed E-state index contributed by atoms with van der Waals surface area (Å²) in [5, 5.41) is 13.9. The fraction of sp³-hybridized carbons (Fsp3) is 0.421. The van der Waals surface area contributed by atoms with Crippen molar-refractivity contribution >= 4 is 29.7 Å². The van der Waals surface area contributed by atoms with Crippen LogP contribution in [0.25, 0.3) is 0 Å². The van der Waals surface area contributed by atoms with Crippen LogP contribution in [-0.4, -0.2) is 34.3 Å². The lowest BCUT2D eigenvalue weighted by Crippen LogP contribution is -2.52. The van der Waals surface area contributed by atoms with Gasteiger partial charge in [-0.25, -0.2) is 4.79 Å². The normalized spacial score (nSPS) is 18.6. The van der Waals surface area contributed by atoms with Crippen molar-refractivity contribution < 1.29 is 19.5 Å². The number of amides is 2. The molecule has 1 aromatic carbocycles. The van der Waals surface area contributed by atoms with Gasteiger partial charge in [-0.15, -0.1) is 0 Å². The van der Waals surface area contributed by atoms with E-state index in [4.69, 9.17) is 0 Å². The van der Waals surface area contributed by atoms with E-state index in [0.29, 0.717) is 6.42 Å². The molecule has 26 heavy (non-hydrogen) atoms. The zero-order valence-electron chi connectivity index (χ0n) is 14.4. The molecular weight excluding hydrogens is 352 g/mol. The van der Waals surface area contributed by atoms with Gasteiger partial charge in [-0.3, -0.25) is 9.59 Å². The Morgan fingerprint density at radius 1 is 1.15 bits per heavy atom. The second-order valence-corrected chi connectivity index (χ2v) is 6.85. The van der Waals surface area contributed by atoms with E-state index in [1.54, 1.807) is 0 Å². The molecule has 7 heteroatoms. The Hall–Kier alpha value is -2.28. The minimum atomic E-state index is -1.12. The SMILES string of the molecule is O=C(S)N[C@@H](C[C@@H]1C=CCCC1)C(=O)N[C@@H](Cc1ccccc1)C(=O)O. The Balaban J connectivity index is 2.04. The fourth-order valence-electron chi connectivity index (χ4n) is 3.08. The highest BCUT2D eigenvalue weighted by Crippen LogP contribution is 2.22.